The van der Waals surface area contributed by atoms with Crippen molar-refractivity contribution in [3.05, 3.63) is 22.3 Å². The van der Waals surface area contributed by atoms with E-state index in [4.69, 9.17) is 5.14 Å². The van der Waals surface area contributed by atoms with Crippen LogP contribution in [0.5, 0.6) is 0 Å². The van der Waals surface area contributed by atoms with Gasteiger partial charge in [0, 0.05) is 18.6 Å². The molecule has 0 aliphatic heterocycles. The fourth-order valence-corrected chi connectivity index (χ4v) is 2.65. The SMILES string of the molecule is Cc1nc(C(=O)Nc2nn(C)cc2S(N)(=O)=O)cs1. The number of aryl methyl sites for hydroxylation is 2. The molecule has 102 valence electrons. The summed E-state index contributed by atoms with van der Waals surface area (Å²) in [6.45, 7) is 1.76. The molecule has 0 atom stereocenters. The summed E-state index contributed by atoms with van der Waals surface area (Å²) in [4.78, 5) is 15.6. The first kappa shape index (κ1) is 13.6. The van der Waals surface area contributed by atoms with Crippen LogP contribution in [0.3, 0.4) is 0 Å². The molecule has 0 fully saturated rings. The van der Waals surface area contributed by atoms with Gasteiger partial charge in [0.15, 0.2) is 5.82 Å². The van der Waals surface area contributed by atoms with Crippen molar-refractivity contribution in [3.63, 3.8) is 0 Å². The highest BCUT2D eigenvalue weighted by molar-refractivity contribution is 7.89. The topological polar surface area (TPSA) is 120 Å². The van der Waals surface area contributed by atoms with Crippen molar-refractivity contribution in [2.75, 3.05) is 5.32 Å². The van der Waals surface area contributed by atoms with E-state index in [2.05, 4.69) is 15.4 Å². The number of sulfonamides is 1. The zero-order chi connectivity index (χ0) is 14.2. The number of hydrogen-bond acceptors (Lipinski definition) is 6. The van der Waals surface area contributed by atoms with Crippen LogP contribution in [0, 0.1) is 6.92 Å². The maximum absolute atomic E-state index is 11.9. The van der Waals surface area contributed by atoms with Crippen molar-refractivity contribution in [1.29, 1.82) is 0 Å². The molecule has 1 amide bonds. The molecule has 2 heterocycles. The first-order valence-electron chi connectivity index (χ1n) is 5.07. The average molecular weight is 301 g/mol. The van der Waals surface area contributed by atoms with Crippen LogP contribution in [-0.4, -0.2) is 29.1 Å². The molecule has 0 aliphatic carbocycles. The Hall–Kier alpha value is -1.78. The summed E-state index contributed by atoms with van der Waals surface area (Å²) >= 11 is 1.32. The van der Waals surface area contributed by atoms with Crippen molar-refractivity contribution in [1.82, 2.24) is 14.8 Å². The Bertz CT molecular complexity index is 731. The Morgan fingerprint density at radius 3 is 2.74 bits per heavy atom. The van der Waals surface area contributed by atoms with Gasteiger partial charge in [-0.1, -0.05) is 0 Å². The molecule has 2 rings (SSSR count). The Balaban J connectivity index is 2.32. The number of hydrogen-bond donors (Lipinski definition) is 2. The van der Waals surface area contributed by atoms with E-state index >= 15 is 0 Å². The molecule has 19 heavy (non-hydrogen) atoms. The third kappa shape index (κ3) is 2.97. The molecule has 3 N–H and O–H groups in total. The van der Waals surface area contributed by atoms with Gasteiger partial charge in [0.25, 0.3) is 5.91 Å². The van der Waals surface area contributed by atoms with Gasteiger partial charge in [-0.25, -0.2) is 18.5 Å². The standard InChI is InChI=1S/C9H11N5O3S2/c1-5-11-6(4-18-5)9(15)12-8-7(19(10,16)17)3-14(2)13-8/h3-4H,1-2H3,(H2,10,16,17)(H,12,13,15). The summed E-state index contributed by atoms with van der Waals surface area (Å²) in [5, 5.41) is 13.6. The quantitative estimate of drug-likeness (QED) is 0.832. The monoisotopic (exact) mass is 301 g/mol. The van der Waals surface area contributed by atoms with Gasteiger partial charge in [-0.3, -0.25) is 9.48 Å². The summed E-state index contributed by atoms with van der Waals surface area (Å²) in [5.74, 6) is -0.645. The van der Waals surface area contributed by atoms with Crippen molar-refractivity contribution >= 4 is 33.1 Å². The molecule has 0 unspecified atom stereocenters. The fourth-order valence-electron chi connectivity index (χ4n) is 1.40. The van der Waals surface area contributed by atoms with Gasteiger partial charge in [-0.05, 0) is 6.92 Å². The van der Waals surface area contributed by atoms with Gasteiger partial charge in [-0.2, -0.15) is 5.10 Å². The normalized spacial score (nSPS) is 11.5. The van der Waals surface area contributed by atoms with Crippen LogP contribution in [-0.2, 0) is 17.1 Å². The van der Waals surface area contributed by atoms with Crippen LogP contribution in [0.2, 0.25) is 0 Å². The molecule has 0 aliphatic rings. The van der Waals surface area contributed by atoms with Crippen LogP contribution in [0.1, 0.15) is 15.5 Å². The van der Waals surface area contributed by atoms with E-state index in [0.717, 1.165) is 5.01 Å². The van der Waals surface area contributed by atoms with Crippen molar-refractivity contribution in [2.24, 2.45) is 12.2 Å². The summed E-state index contributed by atoms with van der Waals surface area (Å²) in [6.07, 6.45) is 1.22. The number of nitrogens with zero attached hydrogens (tertiary/aromatic N) is 3. The maximum atomic E-state index is 11.9. The lowest BCUT2D eigenvalue weighted by molar-refractivity contribution is 0.102. The molecule has 0 radical (unpaired) electrons. The molecule has 8 nitrogen and oxygen atoms in total. The molecule has 0 saturated heterocycles. The number of primary sulfonamides is 1. The van der Waals surface area contributed by atoms with Crippen LogP contribution in [0.15, 0.2) is 16.5 Å². The van der Waals surface area contributed by atoms with Gasteiger partial charge >= 0.3 is 0 Å². The lowest BCUT2D eigenvalue weighted by atomic mass is 10.4. The number of amides is 1. The highest BCUT2D eigenvalue weighted by Gasteiger charge is 2.21. The second-order valence-electron chi connectivity index (χ2n) is 3.77. The highest BCUT2D eigenvalue weighted by Crippen LogP contribution is 2.18. The van der Waals surface area contributed by atoms with E-state index in [1.54, 1.807) is 12.3 Å². The molecule has 0 aromatic carbocycles. The summed E-state index contributed by atoms with van der Waals surface area (Å²) < 4.78 is 23.9. The first-order valence-corrected chi connectivity index (χ1v) is 7.50. The van der Waals surface area contributed by atoms with Crippen LogP contribution >= 0.6 is 11.3 Å². The van der Waals surface area contributed by atoms with Gasteiger partial charge in [-0.15, -0.1) is 11.3 Å². The third-order valence-electron chi connectivity index (χ3n) is 2.19. The molecular weight excluding hydrogens is 290 g/mol. The largest absolute Gasteiger partial charge is 0.303 e. The maximum Gasteiger partial charge on any atom is 0.276 e. The number of nitrogens with two attached hydrogens (primary N) is 1. The Morgan fingerprint density at radius 1 is 1.53 bits per heavy atom. The second kappa shape index (κ2) is 4.72. The Labute approximate surface area is 113 Å². The van der Waals surface area contributed by atoms with Gasteiger partial charge in [0.1, 0.15) is 10.6 Å². The lowest BCUT2D eigenvalue weighted by Crippen LogP contribution is -2.18. The molecular formula is C9H11N5O3S2. The molecule has 0 saturated carbocycles. The van der Waals surface area contributed by atoms with Crippen molar-refractivity contribution < 1.29 is 13.2 Å². The first-order chi connectivity index (χ1) is 8.77. The Kier molecular flexibility index (Phi) is 3.39. The molecule has 0 bridgehead atoms. The minimum atomic E-state index is -3.95. The lowest BCUT2D eigenvalue weighted by Gasteiger charge is -2.01. The summed E-state index contributed by atoms with van der Waals surface area (Å²) in [6, 6.07) is 0. The Morgan fingerprint density at radius 2 is 2.21 bits per heavy atom. The fraction of sp³-hybridized carbons (Fsp3) is 0.222. The number of carbonyl (C=O) groups excluding carboxylic acids is 1. The van der Waals surface area contributed by atoms with Crippen molar-refractivity contribution in [2.45, 2.75) is 11.8 Å². The number of aromatic nitrogens is 3. The third-order valence-corrected chi connectivity index (χ3v) is 3.87. The van der Waals surface area contributed by atoms with Crippen LogP contribution in [0.25, 0.3) is 0 Å². The minimum Gasteiger partial charge on any atom is -0.303 e. The predicted octanol–water partition coefficient (Wildman–Crippen LogP) is 0.0847. The molecule has 2 aromatic heterocycles. The van der Waals surface area contributed by atoms with Gasteiger partial charge < -0.3 is 5.32 Å². The highest BCUT2D eigenvalue weighted by atomic mass is 32.2. The molecule has 2 aromatic rings. The average Bonchev–Trinajstić information content (AvgIpc) is 2.84. The zero-order valence-electron chi connectivity index (χ0n) is 10.1. The van der Waals surface area contributed by atoms with Crippen molar-refractivity contribution in [3.8, 4) is 0 Å². The zero-order valence-corrected chi connectivity index (χ0v) is 11.7. The van der Waals surface area contributed by atoms with Gasteiger partial charge in [0.05, 0.1) is 5.01 Å². The number of anilines is 1. The number of thiazole rings is 1. The minimum absolute atomic E-state index is 0.111. The van der Waals surface area contributed by atoms with E-state index < -0.39 is 15.9 Å². The van der Waals surface area contributed by atoms with E-state index in [1.165, 1.54) is 29.3 Å². The summed E-state index contributed by atoms with van der Waals surface area (Å²) in [7, 11) is -2.43. The predicted molar refractivity (Wildman–Crippen MR) is 69.4 cm³/mol. The van der Waals surface area contributed by atoms with Crippen LogP contribution in [0.4, 0.5) is 5.82 Å². The van der Waals surface area contributed by atoms with Gasteiger partial charge in [0.2, 0.25) is 10.0 Å². The van der Waals surface area contributed by atoms with E-state index in [0.29, 0.717) is 0 Å². The smallest absolute Gasteiger partial charge is 0.276 e. The molecule has 10 heteroatoms. The second-order valence-corrected chi connectivity index (χ2v) is 6.36. The van der Waals surface area contributed by atoms with E-state index in [1.807, 2.05) is 0 Å². The molecule has 0 spiro atoms. The number of nitrogens with one attached hydrogen (secondary N) is 1. The number of rotatable bonds is 3. The summed E-state index contributed by atoms with van der Waals surface area (Å²) in [5.41, 5.74) is 0.202. The van der Waals surface area contributed by atoms with Crippen LogP contribution < -0.4 is 10.5 Å². The number of carbonyl (C=O) groups is 1. The van der Waals surface area contributed by atoms with E-state index in [-0.39, 0.29) is 16.4 Å². The van der Waals surface area contributed by atoms with E-state index in [9.17, 15) is 13.2 Å².